The zero-order valence-electron chi connectivity index (χ0n) is 14.0. The molecule has 3 nitrogen and oxygen atoms in total. The summed E-state index contributed by atoms with van der Waals surface area (Å²) < 4.78 is 5.46. The fourth-order valence-electron chi connectivity index (χ4n) is 1.50. The van der Waals surface area contributed by atoms with E-state index in [0.717, 1.165) is 12.2 Å². The van der Waals surface area contributed by atoms with Crippen molar-refractivity contribution in [3.05, 3.63) is 48.8 Å². The summed E-state index contributed by atoms with van der Waals surface area (Å²) in [6.07, 6.45) is 10.7. The molecule has 0 radical (unpaired) electrons. The van der Waals surface area contributed by atoms with Crippen LogP contribution in [0.15, 0.2) is 48.8 Å². The second-order valence-corrected chi connectivity index (χ2v) is 5.21. The number of hydrogen-bond donors (Lipinski definition) is 2. The highest BCUT2D eigenvalue weighted by Gasteiger charge is 2.02. The van der Waals surface area contributed by atoms with Gasteiger partial charge < -0.3 is 14.9 Å². The molecule has 0 bridgehead atoms. The molecule has 0 aliphatic heterocycles. The lowest BCUT2D eigenvalue weighted by Crippen LogP contribution is -2.07. The zero-order valence-corrected chi connectivity index (χ0v) is 14.0. The fourth-order valence-corrected chi connectivity index (χ4v) is 1.50. The summed E-state index contributed by atoms with van der Waals surface area (Å²) in [6.45, 7) is 8.50. The molecule has 0 aromatic heterocycles. The average molecular weight is 314 g/mol. The SMILES string of the molecule is C=C(CC(C)C)OCCC(O)C=CC=CC#CC#CC=CCO. The van der Waals surface area contributed by atoms with E-state index >= 15 is 0 Å². The molecule has 0 saturated carbocycles. The molecule has 0 aromatic carbocycles. The van der Waals surface area contributed by atoms with Crippen LogP contribution in [0.5, 0.6) is 0 Å². The Morgan fingerprint density at radius 3 is 2.52 bits per heavy atom. The molecule has 0 aromatic rings. The third-order valence-electron chi connectivity index (χ3n) is 2.49. The quantitative estimate of drug-likeness (QED) is 0.391. The van der Waals surface area contributed by atoms with Crippen LogP contribution in [0.2, 0.25) is 0 Å². The minimum absolute atomic E-state index is 0.0218. The molecular weight excluding hydrogens is 288 g/mol. The third-order valence-corrected chi connectivity index (χ3v) is 2.49. The minimum Gasteiger partial charge on any atom is -0.498 e. The summed E-state index contributed by atoms with van der Waals surface area (Å²) >= 11 is 0. The molecule has 0 saturated heterocycles. The van der Waals surface area contributed by atoms with Gasteiger partial charge in [0.15, 0.2) is 0 Å². The second kappa shape index (κ2) is 14.7. The lowest BCUT2D eigenvalue weighted by molar-refractivity contribution is 0.137. The van der Waals surface area contributed by atoms with E-state index in [9.17, 15) is 5.11 Å². The number of ether oxygens (including phenoxy) is 1. The molecule has 0 fully saturated rings. The van der Waals surface area contributed by atoms with Crippen molar-refractivity contribution in [2.75, 3.05) is 13.2 Å². The van der Waals surface area contributed by atoms with Crippen LogP contribution in [0, 0.1) is 29.6 Å². The van der Waals surface area contributed by atoms with Gasteiger partial charge in [-0.3, -0.25) is 0 Å². The van der Waals surface area contributed by atoms with Gasteiger partial charge in [0.2, 0.25) is 0 Å². The Kier molecular flexibility index (Phi) is 13.3. The molecule has 0 rings (SSSR count). The molecule has 3 heteroatoms. The van der Waals surface area contributed by atoms with Crippen molar-refractivity contribution in [1.82, 2.24) is 0 Å². The number of allylic oxidation sites excluding steroid dienone is 5. The van der Waals surface area contributed by atoms with E-state index in [0.29, 0.717) is 18.9 Å². The molecule has 1 atom stereocenters. The van der Waals surface area contributed by atoms with Gasteiger partial charge in [0, 0.05) is 12.8 Å². The van der Waals surface area contributed by atoms with Crippen LogP contribution in [0.1, 0.15) is 26.7 Å². The van der Waals surface area contributed by atoms with E-state index in [1.165, 1.54) is 6.08 Å². The molecule has 0 aliphatic rings. The van der Waals surface area contributed by atoms with Crippen LogP contribution >= 0.6 is 0 Å². The summed E-state index contributed by atoms with van der Waals surface area (Å²) in [6, 6.07) is 0. The van der Waals surface area contributed by atoms with E-state index in [2.05, 4.69) is 44.1 Å². The number of rotatable bonds is 9. The van der Waals surface area contributed by atoms with Crippen LogP contribution in [0.25, 0.3) is 0 Å². The van der Waals surface area contributed by atoms with Gasteiger partial charge in [0.25, 0.3) is 0 Å². The van der Waals surface area contributed by atoms with Crippen molar-refractivity contribution in [3.8, 4) is 23.7 Å². The summed E-state index contributed by atoms with van der Waals surface area (Å²) in [5.74, 6) is 11.9. The first-order chi connectivity index (χ1) is 11.1. The molecule has 2 N–H and O–H groups in total. The van der Waals surface area contributed by atoms with E-state index in [1.807, 2.05) is 0 Å². The summed E-state index contributed by atoms with van der Waals surface area (Å²) in [5, 5.41) is 18.2. The average Bonchev–Trinajstić information content (AvgIpc) is 2.48. The molecule has 0 heterocycles. The first-order valence-corrected chi connectivity index (χ1v) is 7.65. The molecule has 0 spiro atoms. The smallest absolute Gasteiger partial charge is 0.0904 e. The lowest BCUT2D eigenvalue weighted by atomic mass is 10.1. The maximum absolute atomic E-state index is 9.75. The molecule has 23 heavy (non-hydrogen) atoms. The Hall–Kier alpha value is -2.20. The van der Waals surface area contributed by atoms with Crippen LogP contribution in [-0.4, -0.2) is 29.5 Å². The highest BCUT2D eigenvalue weighted by Crippen LogP contribution is 2.10. The normalized spacial score (nSPS) is 12.2. The zero-order chi connectivity index (χ0) is 17.3. The van der Waals surface area contributed by atoms with Crippen molar-refractivity contribution in [2.24, 2.45) is 5.92 Å². The van der Waals surface area contributed by atoms with E-state index in [1.54, 1.807) is 30.4 Å². The number of hydrogen-bond acceptors (Lipinski definition) is 3. The van der Waals surface area contributed by atoms with Crippen molar-refractivity contribution in [1.29, 1.82) is 0 Å². The Balaban J connectivity index is 3.91. The Morgan fingerprint density at radius 2 is 1.87 bits per heavy atom. The maximum Gasteiger partial charge on any atom is 0.0904 e. The summed E-state index contributed by atoms with van der Waals surface area (Å²) in [7, 11) is 0. The largest absolute Gasteiger partial charge is 0.498 e. The lowest BCUT2D eigenvalue weighted by Gasteiger charge is -2.12. The van der Waals surface area contributed by atoms with Crippen molar-refractivity contribution >= 4 is 0 Å². The van der Waals surface area contributed by atoms with E-state index in [-0.39, 0.29) is 6.61 Å². The fraction of sp³-hybridized carbons (Fsp3) is 0.400. The van der Waals surface area contributed by atoms with Crippen LogP contribution < -0.4 is 0 Å². The first-order valence-electron chi connectivity index (χ1n) is 7.65. The Bertz CT molecular complexity index is 531. The van der Waals surface area contributed by atoms with Gasteiger partial charge in [0.1, 0.15) is 0 Å². The number of aliphatic hydroxyl groups excluding tert-OH is 2. The van der Waals surface area contributed by atoms with Crippen LogP contribution in [0.3, 0.4) is 0 Å². The first kappa shape index (κ1) is 20.8. The molecular formula is C20H26O3. The summed E-state index contributed by atoms with van der Waals surface area (Å²) in [5.41, 5.74) is 0. The van der Waals surface area contributed by atoms with Gasteiger partial charge in [0.05, 0.1) is 25.1 Å². The molecule has 124 valence electrons. The third kappa shape index (κ3) is 16.0. The highest BCUT2D eigenvalue weighted by atomic mass is 16.5. The Morgan fingerprint density at radius 1 is 1.17 bits per heavy atom. The van der Waals surface area contributed by atoms with Gasteiger partial charge in [-0.1, -0.05) is 56.6 Å². The van der Waals surface area contributed by atoms with Gasteiger partial charge in [-0.15, -0.1) is 0 Å². The van der Waals surface area contributed by atoms with Crippen LogP contribution in [0.4, 0.5) is 0 Å². The van der Waals surface area contributed by atoms with Crippen molar-refractivity contribution in [3.63, 3.8) is 0 Å². The maximum atomic E-state index is 9.75. The topological polar surface area (TPSA) is 49.7 Å². The monoisotopic (exact) mass is 314 g/mol. The molecule has 0 aliphatic carbocycles. The second-order valence-electron chi connectivity index (χ2n) is 5.21. The van der Waals surface area contributed by atoms with Gasteiger partial charge in [-0.2, -0.15) is 0 Å². The van der Waals surface area contributed by atoms with Crippen molar-refractivity contribution < 1.29 is 14.9 Å². The van der Waals surface area contributed by atoms with Crippen LogP contribution in [-0.2, 0) is 4.74 Å². The number of aliphatic hydroxyl groups is 2. The van der Waals surface area contributed by atoms with Gasteiger partial charge in [-0.05, 0) is 29.9 Å². The van der Waals surface area contributed by atoms with Crippen molar-refractivity contribution in [2.45, 2.75) is 32.8 Å². The van der Waals surface area contributed by atoms with Gasteiger partial charge in [-0.25, -0.2) is 0 Å². The van der Waals surface area contributed by atoms with E-state index < -0.39 is 6.10 Å². The predicted octanol–water partition coefficient (Wildman–Crippen LogP) is 2.98. The highest BCUT2D eigenvalue weighted by molar-refractivity contribution is 5.34. The molecule has 1 unspecified atom stereocenters. The predicted molar refractivity (Wildman–Crippen MR) is 95.2 cm³/mol. The molecule has 0 amide bonds. The van der Waals surface area contributed by atoms with E-state index in [4.69, 9.17) is 9.84 Å². The standard InChI is InChI=1S/C20H26O3/c1-18(2)17-19(3)23-16-14-20(22)13-11-9-7-5-4-6-8-10-12-15-21/h7,9-13,18,20-22H,3,14-17H2,1-2H3. The summed E-state index contributed by atoms with van der Waals surface area (Å²) in [4.78, 5) is 0. The minimum atomic E-state index is -0.553. The van der Waals surface area contributed by atoms with Gasteiger partial charge >= 0.3 is 0 Å². The Labute approximate surface area is 140 Å².